The fourth-order valence-electron chi connectivity index (χ4n) is 3.13. The van der Waals surface area contributed by atoms with Crippen LogP contribution in [-0.4, -0.2) is 29.3 Å². The maximum absolute atomic E-state index is 13.0. The zero-order chi connectivity index (χ0) is 15.9. The van der Waals surface area contributed by atoms with Gasteiger partial charge in [0.2, 0.25) is 5.91 Å². The Balaban J connectivity index is 1.94. The van der Waals surface area contributed by atoms with E-state index in [1.807, 2.05) is 43.0 Å². The summed E-state index contributed by atoms with van der Waals surface area (Å²) in [4.78, 5) is 27.0. The van der Waals surface area contributed by atoms with Crippen LogP contribution in [0, 0.1) is 12.8 Å². The zero-order valence-electron chi connectivity index (χ0n) is 12.8. The first-order valence-corrected chi connectivity index (χ1v) is 8.39. The topological polar surface area (TPSA) is 63.4 Å². The minimum atomic E-state index is -0.308. The Morgan fingerprint density at radius 3 is 2.68 bits per heavy atom. The predicted molar refractivity (Wildman–Crippen MR) is 89.0 cm³/mol. The molecule has 5 heteroatoms. The molecule has 2 heterocycles. The molecule has 22 heavy (non-hydrogen) atoms. The summed E-state index contributed by atoms with van der Waals surface area (Å²) in [6.45, 7) is 4.47. The molecule has 1 aromatic heterocycles. The Hall–Kier alpha value is -1.88. The van der Waals surface area contributed by atoms with E-state index in [4.69, 9.17) is 5.73 Å². The van der Waals surface area contributed by atoms with Crippen molar-refractivity contribution >= 4 is 33.2 Å². The summed E-state index contributed by atoms with van der Waals surface area (Å²) in [5.41, 5.74) is 6.46. The van der Waals surface area contributed by atoms with E-state index in [0.29, 0.717) is 6.54 Å². The van der Waals surface area contributed by atoms with Crippen LogP contribution in [-0.2, 0) is 4.79 Å². The van der Waals surface area contributed by atoms with E-state index < -0.39 is 0 Å². The van der Waals surface area contributed by atoms with E-state index >= 15 is 0 Å². The van der Waals surface area contributed by atoms with Crippen molar-refractivity contribution in [3.8, 4) is 0 Å². The molecule has 2 N–H and O–H groups in total. The number of thiophene rings is 1. The van der Waals surface area contributed by atoms with Gasteiger partial charge in [0, 0.05) is 17.3 Å². The van der Waals surface area contributed by atoms with E-state index in [-0.39, 0.29) is 23.8 Å². The van der Waals surface area contributed by atoms with Gasteiger partial charge in [-0.3, -0.25) is 9.59 Å². The number of hydrogen-bond donors (Lipinski definition) is 1. The van der Waals surface area contributed by atoms with E-state index in [1.54, 1.807) is 0 Å². The van der Waals surface area contributed by atoms with E-state index in [9.17, 15) is 9.59 Å². The monoisotopic (exact) mass is 316 g/mol. The largest absolute Gasteiger partial charge is 0.369 e. The second-order valence-electron chi connectivity index (χ2n) is 6.04. The maximum Gasteiger partial charge on any atom is 0.264 e. The van der Waals surface area contributed by atoms with Gasteiger partial charge in [0.15, 0.2) is 0 Å². The number of hydrogen-bond acceptors (Lipinski definition) is 3. The van der Waals surface area contributed by atoms with E-state index in [2.05, 4.69) is 0 Å². The van der Waals surface area contributed by atoms with Crippen LogP contribution in [0.2, 0.25) is 0 Å². The van der Waals surface area contributed by atoms with Gasteiger partial charge in [0.25, 0.3) is 5.91 Å². The lowest BCUT2D eigenvalue weighted by Gasteiger charge is -2.36. The average Bonchev–Trinajstić information content (AvgIpc) is 2.84. The third-order valence-electron chi connectivity index (χ3n) is 4.58. The highest BCUT2D eigenvalue weighted by Crippen LogP contribution is 2.33. The van der Waals surface area contributed by atoms with Crippen molar-refractivity contribution < 1.29 is 9.59 Å². The Bertz CT molecular complexity index is 737. The molecule has 4 nitrogen and oxygen atoms in total. The van der Waals surface area contributed by atoms with E-state index in [1.165, 1.54) is 11.3 Å². The van der Waals surface area contributed by atoms with Gasteiger partial charge in [-0.25, -0.2) is 0 Å². The van der Waals surface area contributed by atoms with Crippen LogP contribution in [0.15, 0.2) is 24.3 Å². The minimum Gasteiger partial charge on any atom is -0.369 e. The lowest BCUT2D eigenvalue weighted by atomic mass is 9.92. The predicted octanol–water partition coefficient (Wildman–Crippen LogP) is 2.94. The first kappa shape index (κ1) is 15.0. The fourth-order valence-corrected chi connectivity index (χ4v) is 4.30. The number of primary amides is 1. The normalized spacial score (nSPS) is 22.0. The molecule has 0 aliphatic carbocycles. The number of nitrogens with zero attached hydrogens (tertiary/aromatic N) is 1. The van der Waals surface area contributed by atoms with Gasteiger partial charge in [-0.15, -0.1) is 11.3 Å². The van der Waals surface area contributed by atoms with Gasteiger partial charge in [-0.1, -0.05) is 18.2 Å². The number of aryl methyl sites for hydroxylation is 1. The molecule has 3 rings (SSSR count). The number of carbonyl (C=O) groups excluding carboxylic acids is 2. The van der Waals surface area contributed by atoms with Crippen molar-refractivity contribution in [3.05, 3.63) is 34.7 Å². The molecule has 1 aliphatic rings. The van der Waals surface area contributed by atoms with Gasteiger partial charge in [0.05, 0.1) is 10.8 Å². The smallest absolute Gasteiger partial charge is 0.264 e. The second-order valence-corrected chi connectivity index (χ2v) is 7.09. The van der Waals surface area contributed by atoms with Crippen molar-refractivity contribution in [1.82, 2.24) is 4.90 Å². The third kappa shape index (κ3) is 2.50. The van der Waals surface area contributed by atoms with Gasteiger partial charge >= 0.3 is 0 Å². The first-order valence-electron chi connectivity index (χ1n) is 7.57. The number of piperidine rings is 1. The van der Waals surface area contributed by atoms with Crippen LogP contribution in [0.3, 0.4) is 0 Å². The lowest BCUT2D eigenvalue weighted by Crippen LogP contribution is -2.48. The fraction of sp³-hybridized carbons (Fsp3) is 0.412. The number of fused-ring (bicyclic) bond motifs is 1. The number of amides is 2. The number of nitrogens with two attached hydrogens (primary N) is 1. The summed E-state index contributed by atoms with van der Waals surface area (Å²) >= 11 is 1.53. The molecular formula is C17H20N2O2S. The summed E-state index contributed by atoms with van der Waals surface area (Å²) in [5, 5.41) is 1.13. The summed E-state index contributed by atoms with van der Waals surface area (Å²) < 4.78 is 1.12. The number of benzene rings is 1. The van der Waals surface area contributed by atoms with Gasteiger partial charge in [0.1, 0.15) is 0 Å². The van der Waals surface area contributed by atoms with Gasteiger partial charge in [-0.2, -0.15) is 0 Å². The molecule has 0 radical (unpaired) electrons. The SMILES string of the molecule is Cc1c(C(=O)N2C[C@H](C(N)=O)CC[C@H]2C)sc2ccccc12. The lowest BCUT2D eigenvalue weighted by molar-refractivity contribution is -0.123. The summed E-state index contributed by atoms with van der Waals surface area (Å²) in [6.07, 6.45) is 1.59. The van der Waals surface area contributed by atoms with Crippen molar-refractivity contribution in [2.45, 2.75) is 32.7 Å². The van der Waals surface area contributed by atoms with Crippen LogP contribution >= 0.6 is 11.3 Å². The Kier molecular flexibility index (Phi) is 3.91. The summed E-state index contributed by atoms with van der Waals surface area (Å²) in [7, 11) is 0. The van der Waals surface area contributed by atoms with Crippen LogP contribution in [0.1, 0.15) is 35.0 Å². The second kappa shape index (κ2) is 5.72. The van der Waals surface area contributed by atoms with Crippen molar-refractivity contribution in [2.75, 3.05) is 6.54 Å². The third-order valence-corrected chi connectivity index (χ3v) is 5.84. The molecule has 0 spiro atoms. The molecule has 0 bridgehead atoms. The molecule has 1 aliphatic heterocycles. The summed E-state index contributed by atoms with van der Waals surface area (Å²) in [5.74, 6) is -0.509. The molecule has 2 aromatic rings. The molecular weight excluding hydrogens is 296 g/mol. The highest BCUT2D eigenvalue weighted by molar-refractivity contribution is 7.21. The first-order chi connectivity index (χ1) is 10.5. The number of likely N-dealkylation sites (tertiary alicyclic amines) is 1. The number of rotatable bonds is 2. The Labute approximate surface area is 133 Å². The molecule has 0 saturated carbocycles. The maximum atomic E-state index is 13.0. The standard InChI is InChI=1S/C17H20N2O2S/c1-10-7-8-12(16(18)20)9-19(10)17(21)15-11(2)13-5-3-4-6-14(13)22-15/h3-6,10,12H,7-9H2,1-2H3,(H2,18,20)/t10-,12-/m1/s1. The molecule has 2 atom stereocenters. The Morgan fingerprint density at radius 2 is 2.00 bits per heavy atom. The van der Waals surface area contributed by atoms with Crippen molar-refractivity contribution in [2.24, 2.45) is 11.7 Å². The molecule has 116 valence electrons. The van der Waals surface area contributed by atoms with Gasteiger partial charge in [-0.05, 0) is 43.7 Å². The molecule has 1 fully saturated rings. The van der Waals surface area contributed by atoms with Crippen molar-refractivity contribution in [1.29, 1.82) is 0 Å². The van der Waals surface area contributed by atoms with Crippen molar-refractivity contribution in [3.63, 3.8) is 0 Å². The highest BCUT2D eigenvalue weighted by Gasteiger charge is 2.33. The van der Waals surface area contributed by atoms with Crippen LogP contribution in [0.25, 0.3) is 10.1 Å². The highest BCUT2D eigenvalue weighted by atomic mass is 32.1. The molecule has 1 aromatic carbocycles. The van der Waals surface area contributed by atoms with Crippen LogP contribution < -0.4 is 5.73 Å². The molecule has 0 unspecified atom stereocenters. The molecule has 2 amide bonds. The Morgan fingerprint density at radius 1 is 1.27 bits per heavy atom. The van der Waals surface area contributed by atoms with Crippen LogP contribution in [0.4, 0.5) is 0 Å². The van der Waals surface area contributed by atoms with E-state index in [0.717, 1.165) is 33.4 Å². The van der Waals surface area contributed by atoms with Crippen LogP contribution in [0.5, 0.6) is 0 Å². The average molecular weight is 316 g/mol. The zero-order valence-corrected chi connectivity index (χ0v) is 13.7. The minimum absolute atomic E-state index is 0.0251. The van der Waals surface area contributed by atoms with Gasteiger partial charge < -0.3 is 10.6 Å². The molecule has 1 saturated heterocycles. The quantitative estimate of drug-likeness (QED) is 0.926. The summed E-state index contributed by atoms with van der Waals surface area (Å²) in [6, 6.07) is 8.20. The number of carbonyl (C=O) groups is 2.